The standard InChI is InChI=1S/C24H22N2O5S/c1-14-20(23(28)31-4)21(15-8-6-5-7-9-15)26-22(27)19(32-24(26)25-14)12-16-10-11-17(29-2)13-18(16)30-3/h5-13,21H,1-4H3/t21-/m0/s1. The van der Waals surface area contributed by atoms with Gasteiger partial charge in [-0.15, -0.1) is 0 Å². The van der Waals surface area contributed by atoms with E-state index in [2.05, 4.69) is 4.99 Å². The fourth-order valence-corrected chi connectivity index (χ4v) is 4.76. The van der Waals surface area contributed by atoms with Gasteiger partial charge in [0.05, 0.1) is 43.2 Å². The number of carbonyl (C=O) groups is 1. The Morgan fingerprint density at radius 3 is 2.50 bits per heavy atom. The third kappa shape index (κ3) is 3.73. The van der Waals surface area contributed by atoms with Gasteiger partial charge in [-0.3, -0.25) is 9.36 Å². The molecule has 8 heteroatoms. The molecule has 0 saturated carbocycles. The van der Waals surface area contributed by atoms with Gasteiger partial charge in [0, 0.05) is 11.6 Å². The highest BCUT2D eigenvalue weighted by atomic mass is 32.1. The summed E-state index contributed by atoms with van der Waals surface area (Å²) < 4.78 is 17.8. The molecular formula is C24H22N2O5S. The molecule has 7 nitrogen and oxygen atoms in total. The van der Waals surface area contributed by atoms with Crippen molar-refractivity contribution >= 4 is 23.4 Å². The summed E-state index contributed by atoms with van der Waals surface area (Å²) in [7, 11) is 4.47. The van der Waals surface area contributed by atoms with E-state index < -0.39 is 12.0 Å². The minimum atomic E-state index is -0.625. The lowest BCUT2D eigenvalue weighted by Crippen LogP contribution is -2.39. The Balaban J connectivity index is 1.96. The van der Waals surface area contributed by atoms with Gasteiger partial charge in [-0.1, -0.05) is 41.7 Å². The van der Waals surface area contributed by atoms with Crippen molar-refractivity contribution in [3.63, 3.8) is 0 Å². The van der Waals surface area contributed by atoms with Crippen LogP contribution in [-0.4, -0.2) is 31.9 Å². The molecule has 0 saturated heterocycles. The normalized spacial score (nSPS) is 15.8. The van der Waals surface area contributed by atoms with Crippen molar-refractivity contribution in [3.05, 3.63) is 90.6 Å². The van der Waals surface area contributed by atoms with Gasteiger partial charge in [0.2, 0.25) is 0 Å². The summed E-state index contributed by atoms with van der Waals surface area (Å²) in [6.45, 7) is 1.76. The van der Waals surface area contributed by atoms with Crippen LogP contribution >= 0.6 is 11.3 Å². The zero-order chi connectivity index (χ0) is 22.8. The number of thiazole rings is 1. The van der Waals surface area contributed by atoms with Gasteiger partial charge in [-0.05, 0) is 30.7 Å². The minimum Gasteiger partial charge on any atom is -0.497 e. The SMILES string of the molecule is COC(=O)C1=C(C)N=c2sc(=Cc3ccc(OC)cc3OC)c(=O)n2[C@H]1c1ccccc1. The number of esters is 1. The molecule has 0 fully saturated rings. The molecule has 0 N–H and O–H groups in total. The Bertz CT molecular complexity index is 1390. The Morgan fingerprint density at radius 2 is 1.84 bits per heavy atom. The molecule has 0 amide bonds. The molecule has 1 aromatic heterocycles. The van der Waals surface area contributed by atoms with Gasteiger partial charge in [0.15, 0.2) is 4.80 Å². The first kappa shape index (κ1) is 21.6. The highest BCUT2D eigenvalue weighted by Gasteiger charge is 2.32. The van der Waals surface area contributed by atoms with Crippen molar-refractivity contribution in [3.8, 4) is 11.5 Å². The largest absolute Gasteiger partial charge is 0.497 e. The van der Waals surface area contributed by atoms with E-state index in [-0.39, 0.29) is 5.56 Å². The first-order chi connectivity index (χ1) is 15.5. The number of benzene rings is 2. The first-order valence-corrected chi connectivity index (χ1v) is 10.7. The maximum absolute atomic E-state index is 13.5. The molecule has 2 heterocycles. The molecule has 164 valence electrons. The Morgan fingerprint density at radius 1 is 1.09 bits per heavy atom. The Labute approximate surface area is 188 Å². The average Bonchev–Trinajstić information content (AvgIpc) is 3.12. The van der Waals surface area contributed by atoms with E-state index in [4.69, 9.17) is 14.2 Å². The van der Waals surface area contributed by atoms with E-state index in [1.807, 2.05) is 36.4 Å². The molecule has 4 rings (SSSR count). The lowest BCUT2D eigenvalue weighted by atomic mass is 9.96. The third-order valence-electron chi connectivity index (χ3n) is 5.27. The summed E-state index contributed by atoms with van der Waals surface area (Å²) in [5.74, 6) is 0.732. The summed E-state index contributed by atoms with van der Waals surface area (Å²) in [6, 6.07) is 14.2. The summed E-state index contributed by atoms with van der Waals surface area (Å²) in [4.78, 5) is 31.2. The predicted molar refractivity (Wildman–Crippen MR) is 122 cm³/mol. The van der Waals surface area contributed by atoms with Crippen molar-refractivity contribution in [1.29, 1.82) is 0 Å². The van der Waals surface area contributed by atoms with Gasteiger partial charge >= 0.3 is 5.97 Å². The van der Waals surface area contributed by atoms with Crippen molar-refractivity contribution < 1.29 is 19.0 Å². The fraction of sp³-hybridized carbons (Fsp3) is 0.208. The summed E-state index contributed by atoms with van der Waals surface area (Å²) in [5, 5.41) is 0. The molecule has 0 unspecified atom stereocenters. The number of carbonyl (C=O) groups excluding carboxylic acids is 1. The molecule has 0 radical (unpaired) electrons. The van der Waals surface area contributed by atoms with E-state index in [0.29, 0.717) is 32.1 Å². The van der Waals surface area contributed by atoms with Gasteiger partial charge in [0.25, 0.3) is 5.56 Å². The molecular weight excluding hydrogens is 428 g/mol. The number of hydrogen-bond acceptors (Lipinski definition) is 7. The monoisotopic (exact) mass is 450 g/mol. The first-order valence-electron chi connectivity index (χ1n) is 9.86. The number of fused-ring (bicyclic) bond motifs is 1. The highest BCUT2D eigenvalue weighted by molar-refractivity contribution is 7.07. The number of aromatic nitrogens is 1. The van der Waals surface area contributed by atoms with Crippen LogP contribution in [0.4, 0.5) is 0 Å². The Hall–Kier alpha value is -3.65. The van der Waals surface area contributed by atoms with E-state index >= 15 is 0 Å². The molecule has 0 spiro atoms. The van der Waals surface area contributed by atoms with Crippen LogP contribution in [-0.2, 0) is 9.53 Å². The van der Waals surface area contributed by atoms with Crippen LogP contribution in [0.25, 0.3) is 6.08 Å². The molecule has 0 aliphatic carbocycles. The number of ether oxygens (including phenoxy) is 3. The zero-order valence-electron chi connectivity index (χ0n) is 18.1. The van der Waals surface area contributed by atoms with Gasteiger partial charge in [0.1, 0.15) is 11.5 Å². The smallest absolute Gasteiger partial charge is 0.338 e. The summed E-state index contributed by atoms with van der Waals surface area (Å²) in [5.41, 5.74) is 2.17. The van der Waals surface area contributed by atoms with Crippen molar-refractivity contribution in [2.24, 2.45) is 4.99 Å². The number of hydrogen-bond donors (Lipinski definition) is 0. The number of allylic oxidation sites excluding steroid dienone is 1. The quantitative estimate of drug-likeness (QED) is 0.558. The van der Waals surface area contributed by atoms with E-state index in [0.717, 1.165) is 11.1 Å². The molecule has 1 aliphatic heterocycles. The average molecular weight is 451 g/mol. The molecule has 2 aromatic carbocycles. The van der Waals surface area contributed by atoms with Crippen LogP contribution in [0.2, 0.25) is 0 Å². The zero-order valence-corrected chi connectivity index (χ0v) is 18.9. The second-order valence-electron chi connectivity index (χ2n) is 7.09. The third-order valence-corrected chi connectivity index (χ3v) is 6.25. The number of nitrogens with zero attached hydrogens (tertiary/aromatic N) is 2. The maximum Gasteiger partial charge on any atom is 0.338 e. The van der Waals surface area contributed by atoms with Gasteiger partial charge < -0.3 is 14.2 Å². The lowest BCUT2D eigenvalue weighted by Gasteiger charge is -2.24. The van der Waals surface area contributed by atoms with Crippen LogP contribution in [0.5, 0.6) is 11.5 Å². The van der Waals surface area contributed by atoms with Crippen LogP contribution in [0.15, 0.2) is 69.6 Å². The van der Waals surface area contributed by atoms with Crippen LogP contribution < -0.4 is 24.4 Å². The lowest BCUT2D eigenvalue weighted by molar-refractivity contribution is -0.136. The van der Waals surface area contributed by atoms with E-state index in [1.165, 1.54) is 18.4 Å². The van der Waals surface area contributed by atoms with Gasteiger partial charge in [-0.25, -0.2) is 9.79 Å². The van der Waals surface area contributed by atoms with E-state index in [1.54, 1.807) is 43.9 Å². The Kier molecular flexibility index (Phi) is 5.96. The summed E-state index contributed by atoms with van der Waals surface area (Å²) in [6.07, 6.45) is 1.77. The van der Waals surface area contributed by atoms with Gasteiger partial charge in [-0.2, -0.15) is 0 Å². The second-order valence-corrected chi connectivity index (χ2v) is 8.10. The minimum absolute atomic E-state index is 0.241. The van der Waals surface area contributed by atoms with Crippen LogP contribution in [0.3, 0.4) is 0 Å². The van der Waals surface area contributed by atoms with Crippen molar-refractivity contribution in [2.75, 3.05) is 21.3 Å². The van der Waals surface area contributed by atoms with Crippen LogP contribution in [0.1, 0.15) is 24.1 Å². The molecule has 32 heavy (non-hydrogen) atoms. The van der Waals surface area contributed by atoms with Crippen molar-refractivity contribution in [2.45, 2.75) is 13.0 Å². The predicted octanol–water partition coefficient (Wildman–Crippen LogP) is 2.43. The molecule has 3 aromatic rings. The van der Waals surface area contributed by atoms with E-state index in [9.17, 15) is 9.59 Å². The second kappa shape index (κ2) is 8.84. The topological polar surface area (TPSA) is 79.1 Å². The molecule has 1 atom stereocenters. The number of methoxy groups -OCH3 is 3. The number of rotatable bonds is 5. The van der Waals surface area contributed by atoms with Crippen molar-refractivity contribution in [1.82, 2.24) is 4.57 Å². The highest BCUT2D eigenvalue weighted by Crippen LogP contribution is 2.30. The maximum atomic E-state index is 13.5. The summed E-state index contributed by atoms with van der Waals surface area (Å²) >= 11 is 1.26. The molecule has 1 aliphatic rings. The van der Waals surface area contributed by atoms with Crippen LogP contribution in [0, 0.1) is 0 Å². The molecule has 0 bridgehead atoms. The fourth-order valence-electron chi connectivity index (χ4n) is 3.72.